The third kappa shape index (κ3) is 3.26. The summed E-state index contributed by atoms with van der Waals surface area (Å²) in [5.74, 6) is 2.75. The van der Waals surface area contributed by atoms with E-state index in [4.69, 9.17) is 28.2 Å². The van der Waals surface area contributed by atoms with Crippen LogP contribution in [0.15, 0.2) is 52.6 Å². The number of hydrogen-bond acceptors (Lipinski definition) is 8. The van der Waals surface area contributed by atoms with Gasteiger partial charge in [-0.05, 0) is 29.8 Å². The van der Waals surface area contributed by atoms with Gasteiger partial charge in [0.2, 0.25) is 12.3 Å². The van der Waals surface area contributed by atoms with Crippen LogP contribution >= 0.6 is 22.9 Å². The summed E-state index contributed by atoms with van der Waals surface area (Å²) in [6.45, 7) is 0. The van der Waals surface area contributed by atoms with Crippen LogP contribution < -0.4 is 5.73 Å². The zero-order valence-corrected chi connectivity index (χ0v) is 17.3. The molecule has 0 radical (unpaired) electrons. The first-order chi connectivity index (χ1) is 15.0. The van der Waals surface area contributed by atoms with Crippen LogP contribution in [0.25, 0.3) is 21.9 Å². The Labute approximate surface area is 184 Å². The number of nitrogens with two attached hydrogens (primary N) is 1. The molecule has 152 valence electrons. The first kappa shape index (κ1) is 19.4. The molecule has 10 heteroatoms. The number of benzene rings is 1. The van der Waals surface area contributed by atoms with Crippen molar-refractivity contribution < 1.29 is 8.81 Å². The van der Waals surface area contributed by atoms with E-state index in [1.807, 2.05) is 0 Å². The quantitative estimate of drug-likeness (QED) is 0.476. The molecule has 2 N–H and O–H groups in total. The van der Waals surface area contributed by atoms with Gasteiger partial charge in [0.25, 0.3) is 0 Å². The lowest BCUT2D eigenvalue weighted by Gasteiger charge is -2.28. The van der Waals surface area contributed by atoms with Crippen molar-refractivity contribution in [3.63, 3.8) is 0 Å². The number of hydrogen-bond donors (Lipinski definition) is 1. The van der Waals surface area contributed by atoms with E-state index in [0.29, 0.717) is 43.6 Å². The zero-order valence-electron chi connectivity index (χ0n) is 15.7. The van der Waals surface area contributed by atoms with Gasteiger partial charge in [0.15, 0.2) is 5.54 Å². The summed E-state index contributed by atoms with van der Waals surface area (Å²) in [5, 5.41) is 7.89. The van der Waals surface area contributed by atoms with Crippen molar-refractivity contribution in [1.29, 1.82) is 0 Å². The standard InChI is InChI=1S/C21H12ClFN6OS/c1-2-21(7-16-14(19(24)28-21)8-25-9-26-16)18-15(22)6-17(31-18)11-3-12(5-13(23)4-11)20-29-27-10-30-20/h1,3-6,8-10H,7H2,(H2,24,28)/t21-/m0/s1. The minimum Gasteiger partial charge on any atom is -0.423 e. The highest BCUT2D eigenvalue weighted by Crippen LogP contribution is 2.45. The molecule has 1 aliphatic heterocycles. The van der Waals surface area contributed by atoms with Crippen molar-refractivity contribution in [2.75, 3.05) is 0 Å². The zero-order chi connectivity index (χ0) is 21.6. The molecule has 1 aliphatic rings. The van der Waals surface area contributed by atoms with E-state index in [1.54, 1.807) is 18.3 Å². The largest absolute Gasteiger partial charge is 0.423 e. The Morgan fingerprint density at radius 3 is 2.87 bits per heavy atom. The SMILES string of the molecule is C#C[C@@]1(c2sc(-c3cc(F)cc(-c4nnco4)c3)cc2Cl)Cc2ncncc2C(N)=N1. The highest BCUT2D eigenvalue weighted by molar-refractivity contribution is 7.16. The van der Waals surface area contributed by atoms with E-state index >= 15 is 0 Å². The van der Waals surface area contributed by atoms with Gasteiger partial charge in [0.1, 0.15) is 18.0 Å². The van der Waals surface area contributed by atoms with Crippen LogP contribution in [-0.2, 0) is 12.0 Å². The Bertz CT molecular complexity index is 1380. The molecule has 0 aliphatic carbocycles. The summed E-state index contributed by atoms with van der Waals surface area (Å²) < 4.78 is 19.5. The second-order valence-electron chi connectivity index (χ2n) is 6.82. The molecule has 7 nitrogen and oxygen atoms in total. The first-order valence-electron chi connectivity index (χ1n) is 8.99. The van der Waals surface area contributed by atoms with Crippen molar-refractivity contribution in [1.82, 2.24) is 20.2 Å². The summed E-state index contributed by atoms with van der Waals surface area (Å²) in [4.78, 5) is 14.2. The second-order valence-corrected chi connectivity index (χ2v) is 8.28. The van der Waals surface area contributed by atoms with Gasteiger partial charge in [0, 0.05) is 23.1 Å². The average Bonchev–Trinajstić information content (AvgIpc) is 3.43. The fourth-order valence-corrected chi connectivity index (χ4v) is 5.06. The average molecular weight is 451 g/mol. The van der Waals surface area contributed by atoms with Gasteiger partial charge in [-0.25, -0.2) is 19.4 Å². The van der Waals surface area contributed by atoms with Crippen LogP contribution in [-0.4, -0.2) is 26.0 Å². The van der Waals surface area contributed by atoms with Crippen molar-refractivity contribution in [3.8, 4) is 34.2 Å². The number of amidine groups is 1. The lowest BCUT2D eigenvalue weighted by atomic mass is 9.88. The minimum absolute atomic E-state index is 0.213. The molecule has 1 aromatic carbocycles. The monoisotopic (exact) mass is 450 g/mol. The molecule has 0 bridgehead atoms. The summed E-state index contributed by atoms with van der Waals surface area (Å²) in [5.41, 5.74) is 7.43. The van der Waals surface area contributed by atoms with Crippen molar-refractivity contribution in [2.24, 2.45) is 10.7 Å². The van der Waals surface area contributed by atoms with Crippen molar-refractivity contribution >= 4 is 28.8 Å². The summed E-state index contributed by atoms with van der Waals surface area (Å²) >= 11 is 7.91. The Morgan fingerprint density at radius 1 is 1.26 bits per heavy atom. The Hall–Kier alpha value is -3.61. The van der Waals surface area contributed by atoms with Crippen LogP contribution in [0, 0.1) is 18.2 Å². The van der Waals surface area contributed by atoms with Gasteiger partial charge in [-0.3, -0.25) is 0 Å². The fourth-order valence-electron chi connectivity index (χ4n) is 3.48. The molecule has 5 rings (SSSR count). The fraction of sp³-hybridized carbons (Fsp3) is 0.0952. The smallest absolute Gasteiger partial charge is 0.247 e. The normalized spacial score (nSPS) is 17.6. The molecular weight excluding hydrogens is 439 g/mol. The molecule has 0 amide bonds. The number of aliphatic imine (C=N–C) groups is 1. The minimum atomic E-state index is -1.12. The van der Waals surface area contributed by atoms with Crippen LogP contribution in [0.1, 0.15) is 16.1 Å². The number of thiophene rings is 1. The predicted molar refractivity (Wildman–Crippen MR) is 115 cm³/mol. The van der Waals surface area contributed by atoms with E-state index in [-0.39, 0.29) is 11.7 Å². The molecule has 31 heavy (non-hydrogen) atoms. The molecule has 0 unspecified atom stereocenters. The molecule has 0 fully saturated rings. The second kappa shape index (κ2) is 7.27. The van der Waals surface area contributed by atoms with Crippen LogP contribution in [0.2, 0.25) is 5.02 Å². The molecule has 0 saturated heterocycles. The highest BCUT2D eigenvalue weighted by Gasteiger charge is 2.39. The van der Waals surface area contributed by atoms with Gasteiger partial charge in [-0.2, -0.15) is 0 Å². The van der Waals surface area contributed by atoms with E-state index in [2.05, 4.69) is 31.1 Å². The summed E-state index contributed by atoms with van der Waals surface area (Å²) in [7, 11) is 0. The van der Waals surface area contributed by atoms with Gasteiger partial charge < -0.3 is 10.2 Å². The maximum atomic E-state index is 14.3. The molecule has 4 heterocycles. The number of aromatic nitrogens is 4. The Balaban J connectivity index is 1.61. The maximum Gasteiger partial charge on any atom is 0.247 e. The van der Waals surface area contributed by atoms with Gasteiger partial charge in [-0.15, -0.1) is 28.0 Å². The van der Waals surface area contributed by atoms with E-state index < -0.39 is 11.4 Å². The van der Waals surface area contributed by atoms with Gasteiger partial charge in [-0.1, -0.05) is 17.5 Å². The molecule has 0 saturated carbocycles. The summed E-state index contributed by atoms with van der Waals surface area (Å²) in [6.07, 6.45) is 10.5. The number of nitrogens with zero attached hydrogens (tertiary/aromatic N) is 5. The highest BCUT2D eigenvalue weighted by atomic mass is 35.5. The molecule has 0 spiro atoms. The lowest BCUT2D eigenvalue weighted by molar-refractivity contribution is 0.567. The number of halogens is 2. The van der Waals surface area contributed by atoms with Crippen LogP contribution in [0.3, 0.4) is 0 Å². The predicted octanol–water partition coefficient (Wildman–Crippen LogP) is 3.84. The van der Waals surface area contributed by atoms with Crippen molar-refractivity contribution in [3.05, 3.63) is 70.2 Å². The van der Waals surface area contributed by atoms with E-state index in [0.717, 1.165) is 0 Å². The number of terminal acetylenes is 1. The Morgan fingerprint density at radius 2 is 2.10 bits per heavy atom. The molecule has 3 aromatic heterocycles. The van der Waals surface area contributed by atoms with Crippen LogP contribution in [0.4, 0.5) is 4.39 Å². The topological polar surface area (TPSA) is 103 Å². The molecular formula is C21H12ClFN6OS. The third-order valence-corrected chi connectivity index (χ3v) is 6.64. The Kier molecular flexibility index (Phi) is 4.54. The molecule has 1 atom stereocenters. The lowest BCUT2D eigenvalue weighted by Crippen LogP contribution is -2.35. The first-order valence-corrected chi connectivity index (χ1v) is 10.2. The third-order valence-electron chi connectivity index (χ3n) is 4.90. The van der Waals surface area contributed by atoms with Gasteiger partial charge in [0.05, 0.1) is 21.2 Å². The number of fused-ring (bicyclic) bond motifs is 1. The molecule has 4 aromatic rings. The van der Waals surface area contributed by atoms with E-state index in [9.17, 15) is 4.39 Å². The van der Waals surface area contributed by atoms with Crippen LogP contribution in [0.5, 0.6) is 0 Å². The maximum absolute atomic E-state index is 14.3. The van der Waals surface area contributed by atoms with Crippen molar-refractivity contribution in [2.45, 2.75) is 12.0 Å². The number of rotatable bonds is 3. The van der Waals surface area contributed by atoms with Gasteiger partial charge >= 0.3 is 0 Å². The summed E-state index contributed by atoms with van der Waals surface area (Å²) in [6, 6.07) is 6.19. The van der Waals surface area contributed by atoms with E-state index in [1.165, 1.54) is 36.2 Å².